The fourth-order valence-electron chi connectivity index (χ4n) is 2.81. The van der Waals surface area contributed by atoms with Crippen LogP contribution in [0.4, 0.5) is 19.0 Å². The zero-order valence-electron chi connectivity index (χ0n) is 14.5. The van der Waals surface area contributed by atoms with Gasteiger partial charge in [-0.2, -0.15) is 13.2 Å². The van der Waals surface area contributed by atoms with Crippen molar-refractivity contribution >= 4 is 34.5 Å². The smallest absolute Gasteiger partial charge is 0.336 e. The molecule has 4 rings (SSSR count). The average Bonchev–Trinajstić information content (AvgIpc) is 3.12. The fourth-order valence-corrected chi connectivity index (χ4v) is 2.98. The van der Waals surface area contributed by atoms with Gasteiger partial charge in [0.1, 0.15) is 11.6 Å². The number of benzene rings is 1. The normalized spacial score (nSPS) is 11.6. The standard InChI is InChI=1S/C19H11ClF3N5O/c20-10-4-5-11(13(9-10)19(21,22)23)16-27-15-12(6-8-25-17(15)28-16)18(29)26-14-3-1-2-7-24-14/h1-9H,(H,24,26,29)(H,25,27,28). The molecule has 0 saturated heterocycles. The summed E-state index contributed by atoms with van der Waals surface area (Å²) in [5.74, 6) is -0.243. The van der Waals surface area contributed by atoms with Crippen LogP contribution in [-0.4, -0.2) is 25.8 Å². The van der Waals surface area contributed by atoms with Crippen LogP contribution < -0.4 is 5.32 Å². The molecule has 29 heavy (non-hydrogen) atoms. The molecule has 0 aliphatic rings. The van der Waals surface area contributed by atoms with Crippen LogP contribution in [-0.2, 0) is 6.18 Å². The molecule has 146 valence electrons. The summed E-state index contributed by atoms with van der Waals surface area (Å²) < 4.78 is 40.3. The van der Waals surface area contributed by atoms with Gasteiger partial charge in [0.15, 0.2) is 5.65 Å². The molecule has 1 aromatic carbocycles. The molecule has 0 bridgehead atoms. The van der Waals surface area contributed by atoms with E-state index in [-0.39, 0.29) is 33.1 Å². The molecular weight excluding hydrogens is 407 g/mol. The van der Waals surface area contributed by atoms with Crippen molar-refractivity contribution in [3.05, 3.63) is 71.0 Å². The number of halogens is 4. The average molecular weight is 418 g/mol. The van der Waals surface area contributed by atoms with E-state index in [1.807, 2.05) is 0 Å². The molecule has 0 spiro atoms. The number of imidazole rings is 1. The van der Waals surface area contributed by atoms with Gasteiger partial charge in [-0.1, -0.05) is 17.7 Å². The number of hydrogen-bond acceptors (Lipinski definition) is 4. The van der Waals surface area contributed by atoms with Crippen LogP contribution >= 0.6 is 11.6 Å². The second kappa shape index (κ2) is 7.17. The fraction of sp³-hybridized carbons (Fsp3) is 0.0526. The minimum Gasteiger partial charge on any atom is -0.336 e. The number of fused-ring (bicyclic) bond motifs is 1. The van der Waals surface area contributed by atoms with Crippen molar-refractivity contribution in [2.24, 2.45) is 0 Å². The summed E-state index contributed by atoms with van der Waals surface area (Å²) in [5.41, 5.74) is -0.655. The Balaban J connectivity index is 1.79. The lowest BCUT2D eigenvalue weighted by atomic mass is 10.1. The van der Waals surface area contributed by atoms with Gasteiger partial charge >= 0.3 is 6.18 Å². The van der Waals surface area contributed by atoms with Crippen molar-refractivity contribution < 1.29 is 18.0 Å². The summed E-state index contributed by atoms with van der Waals surface area (Å²) in [5, 5.41) is 2.57. The zero-order chi connectivity index (χ0) is 20.6. The second-order valence-corrected chi connectivity index (χ2v) is 6.44. The summed E-state index contributed by atoms with van der Waals surface area (Å²) in [4.78, 5) is 27.6. The molecule has 3 heterocycles. The molecule has 0 saturated carbocycles. The third-order valence-electron chi connectivity index (χ3n) is 4.09. The van der Waals surface area contributed by atoms with Crippen LogP contribution in [0.1, 0.15) is 15.9 Å². The van der Waals surface area contributed by atoms with Gasteiger partial charge in [0.05, 0.1) is 16.6 Å². The van der Waals surface area contributed by atoms with Crippen molar-refractivity contribution in [2.75, 3.05) is 5.32 Å². The lowest BCUT2D eigenvalue weighted by Gasteiger charge is -2.11. The molecule has 0 unspecified atom stereocenters. The van der Waals surface area contributed by atoms with Crippen molar-refractivity contribution in [3.8, 4) is 11.4 Å². The number of carbonyl (C=O) groups excluding carboxylic acids is 1. The van der Waals surface area contributed by atoms with E-state index < -0.39 is 17.6 Å². The van der Waals surface area contributed by atoms with Gasteiger partial charge < -0.3 is 10.3 Å². The number of rotatable bonds is 3. The van der Waals surface area contributed by atoms with Crippen molar-refractivity contribution in [1.29, 1.82) is 0 Å². The Morgan fingerprint density at radius 3 is 2.62 bits per heavy atom. The first-order chi connectivity index (χ1) is 13.8. The van der Waals surface area contributed by atoms with Gasteiger partial charge in [0, 0.05) is 23.0 Å². The number of anilines is 1. The molecule has 2 N–H and O–H groups in total. The van der Waals surface area contributed by atoms with Gasteiger partial charge in [0.25, 0.3) is 5.91 Å². The lowest BCUT2D eigenvalue weighted by Crippen LogP contribution is -2.13. The number of aromatic amines is 1. The molecule has 0 atom stereocenters. The van der Waals surface area contributed by atoms with Crippen molar-refractivity contribution in [1.82, 2.24) is 19.9 Å². The minimum absolute atomic E-state index is 0.0502. The summed E-state index contributed by atoms with van der Waals surface area (Å²) in [6.45, 7) is 0. The Morgan fingerprint density at radius 2 is 1.90 bits per heavy atom. The molecule has 0 aliphatic carbocycles. The number of amides is 1. The highest BCUT2D eigenvalue weighted by Gasteiger charge is 2.35. The van der Waals surface area contributed by atoms with E-state index in [0.29, 0.717) is 5.82 Å². The van der Waals surface area contributed by atoms with Crippen LogP contribution in [0.2, 0.25) is 5.02 Å². The van der Waals surface area contributed by atoms with Gasteiger partial charge in [0.2, 0.25) is 0 Å². The number of aromatic nitrogens is 4. The summed E-state index contributed by atoms with van der Waals surface area (Å²) in [6, 6.07) is 9.83. The van der Waals surface area contributed by atoms with E-state index in [1.54, 1.807) is 18.2 Å². The number of nitrogens with one attached hydrogen (secondary N) is 2. The molecule has 3 aromatic heterocycles. The summed E-state index contributed by atoms with van der Waals surface area (Å²) in [7, 11) is 0. The predicted octanol–water partition coefficient (Wildman–Crippen LogP) is 4.94. The Kier molecular flexibility index (Phi) is 4.67. The number of alkyl halides is 3. The highest BCUT2D eigenvalue weighted by molar-refractivity contribution is 6.30. The number of nitrogens with zero attached hydrogens (tertiary/aromatic N) is 3. The van der Waals surface area contributed by atoms with Gasteiger partial charge in [-0.05, 0) is 36.4 Å². The minimum atomic E-state index is -4.63. The maximum atomic E-state index is 13.4. The largest absolute Gasteiger partial charge is 0.417 e. The third-order valence-corrected chi connectivity index (χ3v) is 4.32. The van der Waals surface area contributed by atoms with Crippen LogP contribution in [0.15, 0.2) is 54.9 Å². The highest BCUT2D eigenvalue weighted by Crippen LogP contribution is 2.38. The number of hydrogen-bond donors (Lipinski definition) is 2. The van der Waals surface area contributed by atoms with Crippen molar-refractivity contribution in [3.63, 3.8) is 0 Å². The highest BCUT2D eigenvalue weighted by atomic mass is 35.5. The topological polar surface area (TPSA) is 83.6 Å². The third kappa shape index (κ3) is 3.77. The van der Waals surface area contributed by atoms with E-state index in [2.05, 4.69) is 25.3 Å². The second-order valence-electron chi connectivity index (χ2n) is 6.00. The molecule has 0 fully saturated rings. The predicted molar refractivity (Wildman–Crippen MR) is 102 cm³/mol. The monoisotopic (exact) mass is 417 g/mol. The Morgan fingerprint density at radius 1 is 1.07 bits per heavy atom. The number of H-pyrrole nitrogens is 1. The van der Waals surface area contributed by atoms with E-state index in [1.165, 1.54) is 30.6 Å². The SMILES string of the molecule is O=C(Nc1ccccn1)c1ccnc2nc(-c3ccc(Cl)cc3C(F)(F)F)[nH]c12. The Labute approximate surface area is 166 Å². The zero-order valence-corrected chi connectivity index (χ0v) is 15.2. The van der Waals surface area contributed by atoms with Crippen molar-refractivity contribution in [2.45, 2.75) is 6.18 Å². The summed E-state index contributed by atoms with van der Waals surface area (Å²) in [6.07, 6.45) is -1.76. The molecule has 4 aromatic rings. The van der Waals surface area contributed by atoms with Gasteiger partial charge in [-0.3, -0.25) is 4.79 Å². The van der Waals surface area contributed by atoms with E-state index in [9.17, 15) is 18.0 Å². The van der Waals surface area contributed by atoms with E-state index in [0.717, 1.165) is 6.07 Å². The molecule has 10 heteroatoms. The van der Waals surface area contributed by atoms with Crippen LogP contribution in [0.5, 0.6) is 0 Å². The van der Waals surface area contributed by atoms with Crippen LogP contribution in [0.3, 0.4) is 0 Å². The first-order valence-electron chi connectivity index (χ1n) is 8.27. The quantitative estimate of drug-likeness (QED) is 0.494. The number of pyridine rings is 2. The Hall–Kier alpha value is -3.46. The molecular formula is C19H11ClF3N5O. The maximum absolute atomic E-state index is 13.4. The molecule has 6 nitrogen and oxygen atoms in total. The van der Waals surface area contributed by atoms with Gasteiger partial charge in [-0.15, -0.1) is 0 Å². The van der Waals surface area contributed by atoms with Crippen LogP contribution in [0.25, 0.3) is 22.6 Å². The lowest BCUT2D eigenvalue weighted by molar-refractivity contribution is -0.137. The van der Waals surface area contributed by atoms with E-state index >= 15 is 0 Å². The van der Waals surface area contributed by atoms with Crippen LogP contribution in [0, 0.1) is 0 Å². The van der Waals surface area contributed by atoms with E-state index in [4.69, 9.17) is 11.6 Å². The Bertz CT molecular complexity index is 1210. The first kappa shape index (κ1) is 18.9. The van der Waals surface area contributed by atoms with Gasteiger partial charge in [-0.25, -0.2) is 15.0 Å². The molecule has 0 aliphatic heterocycles. The molecule has 0 radical (unpaired) electrons. The maximum Gasteiger partial charge on any atom is 0.417 e. The molecule has 1 amide bonds. The summed E-state index contributed by atoms with van der Waals surface area (Å²) >= 11 is 5.73. The number of carbonyl (C=O) groups is 1. The first-order valence-corrected chi connectivity index (χ1v) is 8.65.